The summed E-state index contributed by atoms with van der Waals surface area (Å²) in [5, 5.41) is 0. The topological polar surface area (TPSA) is 38.5 Å². The molecular formula is C20H29F3N2O. The molecule has 1 saturated heterocycles. The van der Waals surface area contributed by atoms with E-state index in [1.165, 1.54) is 25.3 Å². The molecule has 3 nitrogen and oxygen atoms in total. The van der Waals surface area contributed by atoms with Crippen LogP contribution in [0.1, 0.15) is 50.5 Å². The van der Waals surface area contributed by atoms with Crippen molar-refractivity contribution < 1.29 is 17.9 Å². The maximum atomic E-state index is 12.8. The third-order valence-corrected chi connectivity index (χ3v) is 5.74. The van der Waals surface area contributed by atoms with Gasteiger partial charge in [-0.2, -0.15) is 13.2 Å². The molecule has 146 valence electrons. The Morgan fingerprint density at radius 2 is 1.73 bits per heavy atom. The van der Waals surface area contributed by atoms with E-state index in [4.69, 9.17) is 10.5 Å². The SMILES string of the molecule is NC1CCC(CCN2CCC(Oc3cccc(C(F)(F)F)c3)CC2)CC1. The second-order valence-electron chi connectivity index (χ2n) is 7.75. The van der Waals surface area contributed by atoms with Crippen LogP contribution in [0, 0.1) is 5.92 Å². The van der Waals surface area contributed by atoms with E-state index in [0.717, 1.165) is 63.4 Å². The van der Waals surface area contributed by atoms with E-state index in [-0.39, 0.29) is 6.10 Å². The average Bonchev–Trinajstić information content (AvgIpc) is 2.62. The minimum atomic E-state index is -4.33. The average molecular weight is 370 g/mol. The number of hydrogen-bond donors (Lipinski definition) is 1. The molecule has 1 saturated carbocycles. The largest absolute Gasteiger partial charge is 0.490 e. The van der Waals surface area contributed by atoms with E-state index in [9.17, 15) is 13.2 Å². The Bertz CT molecular complexity index is 562. The summed E-state index contributed by atoms with van der Waals surface area (Å²) < 4.78 is 44.2. The highest BCUT2D eigenvalue weighted by Gasteiger charge is 2.31. The molecular weight excluding hydrogens is 341 g/mol. The molecule has 0 unspecified atom stereocenters. The number of hydrogen-bond acceptors (Lipinski definition) is 3. The van der Waals surface area contributed by atoms with Gasteiger partial charge >= 0.3 is 6.18 Å². The zero-order chi connectivity index (χ0) is 18.6. The molecule has 2 N–H and O–H groups in total. The van der Waals surface area contributed by atoms with Gasteiger partial charge in [0.2, 0.25) is 0 Å². The maximum Gasteiger partial charge on any atom is 0.416 e. The van der Waals surface area contributed by atoms with Crippen molar-refractivity contribution in [3.8, 4) is 5.75 Å². The number of piperidine rings is 1. The number of nitrogens with two attached hydrogens (primary N) is 1. The first-order valence-corrected chi connectivity index (χ1v) is 9.72. The summed E-state index contributed by atoms with van der Waals surface area (Å²) in [5.74, 6) is 1.12. The van der Waals surface area contributed by atoms with Crippen LogP contribution in [0.2, 0.25) is 0 Å². The predicted octanol–water partition coefficient (Wildman–Crippen LogP) is 4.46. The molecule has 2 aliphatic rings. The van der Waals surface area contributed by atoms with Crippen molar-refractivity contribution in [2.24, 2.45) is 11.7 Å². The van der Waals surface area contributed by atoms with Crippen molar-refractivity contribution in [1.82, 2.24) is 4.90 Å². The van der Waals surface area contributed by atoms with E-state index in [1.807, 2.05) is 0 Å². The van der Waals surface area contributed by atoms with Gasteiger partial charge in [-0.1, -0.05) is 6.07 Å². The summed E-state index contributed by atoms with van der Waals surface area (Å²) in [5.41, 5.74) is 5.31. The van der Waals surface area contributed by atoms with Gasteiger partial charge in [0.1, 0.15) is 11.9 Å². The Morgan fingerprint density at radius 3 is 2.38 bits per heavy atom. The molecule has 6 heteroatoms. The standard InChI is InChI=1S/C20H29F3N2O/c21-20(22,23)16-2-1-3-19(14-16)26-18-9-12-25(13-10-18)11-8-15-4-6-17(24)7-5-15/h1-3,14-15,17-18H,4-13,24H2. The number of likely N-dealkylation sites (tertiary alicyclic amines) is 1. The Hall–Kier alpha value is -1.27. The van der Waals surface area contributed by atoms with Crippen molar-refractivity contribution in [2.75, 3.05) is 19.6 Å². The highest BCUT2D eigenvalue weighted by Crippen LogP contribution is 2.32. The summed E-state index contributed by atoms with van der Waals surface area (Å²) in [4.78, 5) is 2.46. The lowest BCUT2D eigenvalue weighted by molar-refractivity contribution is -0.137. The van der Waals surface area contributed by atoms with E-state index in [2.05, 4.69) is 4.90 Å². The van der Waals surface area contributed by atoms with Crippen LogP contribution in [0.25, 0.3) is 0 Å². The Morgan fingerprint density at radius 1 is 1.04 bits per heavy atom. The molecule has 3 rings (SSSR count). The summed E-state index contributed by atoms with van der Waals surface area (Å²) in [6, 6.07) is 5.59. The van der Waals surface area contributed by atoms with E-state index < -0.39 is 11.7 Å². The van der Waals surface area contributed by atoms with Crippen LogP contribution in [0.15, 0.2) is 24.3 Å². The van der Waals surface area contributed by atoms with Crippen LogP contribution in [-0.2, 0) is 6.18 Å². The lowest BCUT2D eigenvalue weighted by Crippen LogP contribution is -2.39. The first-order chi connectivity index (χ1) is 12.4. The highest BCUT2D eigenvalue weighted by molar-refractivity contribution is 5.30. The third-order valence-electron chi connectivity index (χ3n) is 5.74. The van der Waals surface area contributed by atoms with E-state index >= 15 is 0 Å². The number of benzene rings is 1. The maximum absolute atomic E-state index is 12.8. The van der Waals surface area contributed by atoms with Crippen molar-refractivity contribution >= 4 is 0 Å². The smallest absolute Gasteiger partial charge is 0.416 e. The van der Waals surface area contributed by atoms with Crippen LogP contribution in [0.5, 0.6) is 5.75 Å². The van der Waals surface area contributed by atoms with Crippen LogP contribution >= 0.6 is 0 Å². The fourth-order valence-electron chi connectivity index (χ4n) is 4.03. The molecule has 26 heavy (non-hydrogen) atoms. The summed E-state index contributed by atoms with van der Waals surface area (Å²) in [6.45, 7) is 3.02. The molecule has 1 aliphatic heterocycles. The van der Waals surface area contributed by atoms with Gasteiger partial charge in [0.15, 0.2) is 0 Å². The van der Waals surface area contributed by atoms with Gasteiger partial charge in [-0.3, -0.25) is 0 Å². The Labute approximate surface area is 153 Å². The third kappa shape index (κ3) is 5.61. The number of alkyl halides is 3. The van der Waals surface area contributed by atoms with Crippen LogP contribution in [0.3, 0.4) is 0 Å². The Kier molecular flexibility index (Phi) is 6.46. The van der Waals surface area contributed by atoms with Crippen molar-refractivity contribution in [2.45, 2.75) is 63.3 Å². The van der Waals surface area contributed by atoms with Gasteiger partial charge in [0, 0.05) is 19.1 Å². The van der Waals surface area contributed by atoms with Gasteiger partial charge in [-0.05, 0) is 75.6 Å². The monoisotopic (exact) mass is 370 g/mol. The molecule has 1 aliphatic carbocycles. The quantitative estimate of drug-likeness (QED) is 0.832. The van der Waals surface area contributed by atoms with Gasteiger partial charge < -0.3 is 15.4 Å². The lowest BCUT2D eigenvalue weighted by Gasteiger charge is -2.34. The Balaban J connectivity index is 1.40. The molecule has 0 radical (unpaired) electrons. The molecule has 1 aromatic rings. The van der Waals surface area contributed by atoms with Crippen LogP contribution < -0.4 is 10.5 Å². The lowest BCUT2D eigenvalue weighted by atomic mass is 9.84. The van der Waals surface area contributed by atoms with Gasteiger partial charge in [0.25, 0.3) is 0 Å². The zero-order valence-corrected chi connectivity index (χ0v) is 15.2. The van der Waals surface area contributed by atoms with Gasteiger partial charge in [-0.25, -0.2) is 0 Å². The minimum Gasteiger partial charge on any atom is -0.490 e. The second kappa shape index (κ2) is 8.61. The molecule has 0 spiro atoms. The number of nitrogens with zero attached hydrogens (tertiary/aromatic N) is 1. The van der Waals surface area contributed by atoms with Crippen LogP contribution in [0.4, 0.5) is 13.2 Å². The number of halogens is 3. The molecule has 1 heterocycles. The predicted molar refractivity (Wildman–Crippen MR) is 96.1 cm³/mol. The molecule has 0 bridgehead atoms. The van der Waals surface area contributed by atoms with E-state index in [1.54, 1.807) is 6.07 Å². The first kappa shape index (κ1) is 19.5. The second-order valence-corrected chi connectivity index (χ2v) is 7.75. The molecule has 2 fully saturated rings. The van der Waals surface area contributed by atoms with Crippen molar-refractivity contribution in [1.29, 1.82) is 0 Å². The molecule has 0 aromatic heterocycles. The minimum absolute atomic E-state index is 0.00223. The first-order valence-electron chi connectivity index (χ1n) is 9.72. The molecule has 0 amide bonds. The fraction of sp³-hybridized carbons (Fsp3) is 0.700. The molecule has 0 atom stereocenters. The highest BCUT2D eigenvalue weighted by atomic mass is 19.4. The van der Waals surface area contributed by atoms with E-state index in [0.29, 0.717) is 11.8 Å². The van der Waals surface area contributed by atoms with Gasteiger partial charge in [-0.15, -0.1) is 0 Å². The summed E-state index contributed by atoms with van der Waals surface area (Å²) >= 11 is 0. The summed E-state index contributed by atoms with van der Waals surface area (Å²) in [7, 11) is 0. The summed E-state index contributed by atoms with van der Waals surface area (Å²) in [6.07, 6.45) is 3.43. The van der Waals surface area contributed by atoms with Crippen molar-refractivity contribution in [3.63, 3.8) is 0 Å². The molecule has 1 aromatic carbocycles. The fourth-order valence-corrected chi connectivity index (χ4v) is 4.03. The van der Waals surface area contributed by atoms with Crippen LogP contribution in [-0.4, -0.2) is 36.7 Å². The number of ether oxygens (including phenoxy) is 1. The van der Waals surface area contributed by atoms with Gasteiger partial charge in [0.05, 0.1) is 5.56 Å². The normalized spacial score (nSPS) is 26.0. The number of rotatable bonds is 5. The van der Waals surface area contributed by atoms with Crippen molar-refractivity contribution in [3.05, 3.63) is 29.8 Å². The zero-order valence-electron chi connectivity index (χ0n) is 15.2.